The molecule has 35 heavy (non-hydrogen) atoms. The van der Waals surface area contributed by atoms with E-state index in [0.29, 0.717) is 19.2 Å². The van der Waals surface area contributed by atoms with E-state index in [-0.39, 0.29) is 17.1 Å². The molecule has 3 aromatic rings. The molecule has 188 valence electrons. The van der Waals surface area contributed by atoms with Gasteiger partial charge in [0.1, 0.15) is 5.69 Å². The second kappa shape index (κ2) is 11.0. The van der Waals surface area contributed by atoms with Crippen molar-refractivity contribution in [3.63, 3.8) is 0 Å². The minimum Gasteiger partial charge on any atom is -0.465 e. The molecule has 0 radical (unpaired) electrons. The largest absolute Gasteiger partial charge is 0.465 e. The van der Waals surface area contributed by atoms with Crippen molar-refractivity contribution >= 4 is 17.7 Å². The first kappa shape index (κ1) is 25.5. The van der Waals surface area contributed by atoms with Gasteiger partial charge in [-0.3, -0.25) is 14.0 Å². The maximum Gasteiger partial charge on any atom is 0.316 e. The van der Waals surface area contributed by atoms with Gasteiger partial charge < -0.3 is 4.74 Å². The molecular formula is C27H37N5O2S. The van der Waals surface area contributed by atoms with Crippen LogP contribution in [0.4, 0.5) is 0 Å². The van der Waals surface area contributed by atoms with Crippen molar-refractivity contribution < 1.29 is 9.53 Å². The lowest BCUT2D eigenvalue weighted by atomic mass is 9.92. The number of aromatic nitrogens is 5. The van der Waals surface area contributed by atoms with Crippen molar-refractivity contribution in [1.82, 2.24) is 24.5 Å². The molecule has 0 unspecified atom stereocenters. The van der Waals surface area contributed by atoms with Crippen LogP contribution in [-0.4, -0.2) is 42.9 Å². The highest BCUT2D eigenvalue weighted by molar-refractivity contribution is 7.99. The fourth-order valence-electron chi connectivity index (χ4n) is 4.61. The van der Waals surface area contributed by atoms with E-state index in [1.54, 1.807) is 0 Å². The molecule has 2 heterocycles. The Morgan fingerprint density at radius 1 is 1.14 bits per heavy atom. The van der Waals surface area contributed by atoms with Gasteiger partial charge in [0.25, 0.3) is 0 Å². The Morgan fingerprint density at radius 2 is 1.91 bits per heavy atom. The zero-order valence-electron chi connectivity index (χ0n) is 21.6. The lowest BCUT2D eigenvalue weighted by molar-refractivity contribution is -0.139. The number of esters is 1. The van der Waals surface area contributed by atoms with Crippen LogP contribution in [0, 0.1) is 6.92 Å². The highest BCUT2D eigenvalue weighted by Gasteiger charge is 2.28. The lowest BCUT2D eigenvalue weighted by Gasteiger charge is -2.25. The van der Waals surface area contributed by atoms with Crippen LogP contribution in [-0.2, 0) is 21.5 Å². The molecule has 1 aliphatic carbocycles. The standard InChI is InChI=1S/C27H37N5O2S/c1-6-34-24(33)18-35-26-29-28-25(32(26)21-13-8-7-9-14-21)22-16-23(27(3,4)5)30-31(22)17-20-12-10-11-19(2)15-20/h10-12,15-16,21H,6-9,13-14,17-18H2,1-5H3. The summed E-state index contributed by atoms with van der Waals surface area (Å²) in [6.45, 7) is 11.5. The van der Waals surface area contributed by atoms with Crippen LogP contribution in [0.5, 0.6) is 0 Å². The molecule has 0 saturated heterocycles. The summed E-state index contributed by atoms with van der Waals surface area (Å²) in [4.78, 5) is 12.1. The minimum absolute atomic E-state index is 0.0935. The normalized spacial score (nSPS) is 14.9. The van der Waals surface area contributed by atoms with Gasteiger partial charge in [0.2, 0.25) is 0 Å². The third-order valence-corrected chi connectivity index (χ3v) is 7.34. The molecular weight excluding hydrogens is 458 g/mol. The van der Waals surface area contributed by atoms with Crippen molar-refractivity contribution in [2.24, 2.45) is 0 Å². The van der Waals surface area contributed by atoms with E-state index in [1.807, 2.05) is 6.92 Å². The maximum absolute atomic E-state index is 12.1. The first-order valence-electron chi connectivity index (χ1n) is 12.6. The van der Waals surface area contributed by atoms with Crippen molar-refractivity contribution in [3.8, 4) is 11.5 Å². The predicted octanol–water partition coefficient (Wildman–Crippen LogP) is 5.96. The van der Waals surface area contributed by atoms with Gasteiger partial charge in [0.05, 0.1) is 24.6 Å². The quantitative estimate of drug-likeness (QED) is 0.284. The molecule has 4 rings (SSSR count). The average molecular weight is 496 g/mol. The number of rotatable bonds is 8. The van der Waals surface area contributed by atoms with Crippen LogP contribution < -0.4 is 0 Å². The topological polar surface area (TPSA) is 74.8 Å². The van der Waals surface area contributed by atoms with E-state index < -0.39 is 0 Å². The van der Waals surface area contributed by atoms with E-state index in [9.17, 15) is 4.79 Å². The second-order valence-corrected chi connectivity index (χ2v) is 11.3. The summed E-state index contributed by atoms with van der Waals surface area (Å²) in [6, 6.07) is 11.0. The Morgan fingerprint density at radius 3 is 2.60 bits per heavy atom. The summed E-state index contributed by atoms with van der Waals surface area (Å²) >= 11 is 1.41. The van der Waals surface area contributed by atoms with Crippen LogP contribution in [0.15, 0.2) is 35.5 Å². The van der Waals surface area contributed by atoms with Crippen LogP contribution in [0.3, 0.4) is 0 Å². The fourth-order valence-corrected chi connectivity index (χ4v) is 5.42. The van der Waals surface area contributed by atoms with Crippen LogP contribution in [0.2, 0.25) is 0 Å². The fraction of sp³-hybridized carbons (Fsp3) is 0.556. The molecule has 0 aliphatic heterocycles. The molecule has 7 nitrogen and oxygen atoms in total. The first-order valence-corrected chi connectivity index (χ1v) is 13.6. The number of thioether (sulfide) groups is 1. The number of carbonyl (C=O) groups excluding carboxylic acids is 1. The number of benzene rings is 1. The van der Waals surface area contributed by atoms with E-state index in [1.165, 1.54) is 42.2 Å². The molecule has 1 aromatic carbocycles. The van der Waals surface area contributed by atoms with Gasteiger partial charge in [-0.25, -0.2) is 0 Å². The molecule has 8 heteroatoms. The van der Waals surface area contributed by atoms with Crippen molar-refractivity contribution in [3.05, 3.63) is 47.2 Å². The van der Waals surface area contributed by atoms with Gasteiger partial charge >= 0.3 is 5.97 Å². The van der Waals surface area contributed by atoms with Gasteiger partial charge in [-0.2, -0.15) is 5.10 Å². The highest BCUT2D eigenvalue weighted by atomic mass is 32.2. The summed E-state index contributed by atoms with van der Waals surface area (Å²) in [6.07, 6.45) is 5.84. The third kappa shape index (κ3) is 6.15. The Bertz CT molecular complexity index is 1150. The Labute approximate surface area is 212 Å². The number of hydrogen-bond donors (Lipinski definition) is 0. The van der Waals surface area contributed by atoms with Crippen LogP contribution >= 0.6 is 11.8 Å². The van der Waals surface area contributed by atoms with Crippen LogP contribution in [0.1, 0.15) is 82.7 Å². The maximum atomic E-state index is 12.1. The van der Waals surface area contributed by atoms with E-state index in [2.05, 4.69) is 77.5 Å². The molecule has 2 aromatic heterocycles. The van der Waals surface area contributed by atoms with E-state index in [4.69, 9.17) is 9.84 Å². The van der Waals surface area contributed by atoms with Gasteiger partial charge in [-0.1, -0.05) is 81.6 Å². The van der Waals surface area contributed by atoms with Crippen LogP contribution in [0.25, 0.3) is 11.5 Å². The molecule has 0 N–H and O–H groups in total. The van der Waals surface area contributed by atoms with E-state index in [0.717, 1.165) is 35.2 Å². The number of carbonyl (C=O) groups is 1. The second-order valence-electron chi connectivity index (χ2n) is 10.4. The van der Waals surface area contributed by atoms with E-state index >= 15 is 0 Å². The Balaban J connectivity index is 1.77. The van der Waals surface area contributed by atoms with Gasteiger partial charge in [0.15, 0.2) is 11.0 Å². The summed E-state index contributed by atoms with van der Waals surface area (Å²) in [5.41, 5.74) is 4.34. The smallest absolute Gasteiger partial charge is 0.316 e. The highest BCUT2D eigenvalue weighted by Crippen LogP contribution is 2.37. The zero-order valence-corrected chi connectivity index (χ0v) is 22.4. The Kier molecular flexibility index (Phi) is 7.99. The third-order valence-electron chi connectivity index (χ3n) is 6.42. The molecule has 1 fully saturated rings. The van der Waals surface area contributed by atoms with Gasteiger partial charge in [0, 0.05) is 11.5 Å². The van der Waals surface area contributed by atoms with Crippen molar-refractivity contribution in [2.45, 2.75) is 89.9 Å². The Hall–Kier alpha value is -2.61. The van der Waals surface area contributed by atoms with Crippen molar-refractivity contribution in [1.29, 1.82) is 0 Å². The molecule has 0 bridgehead atoms. The summed E-state index contributed by atoms with van der Waals surface area (Å²) < 4.78 is 9.48. The number of ether oxygens (including phenoxy) is 1. The van der Waals surface area contributed by atoms with Crippen molar-refractivity contribution in [2.75, 3.05) is 12.4 Å². The number of nitrogens with zero attached hydrogens (tertiary/aromatic N) is 5. The summed E-state index contributed by atoms with van der Waals surface area (Å²) in [7, 11) is 0. The minimum atomic E-state index is -0.225. The molecule has 0 amide bonds. The predicted molar refractivity (Wildman–Crippen MR) is 140 cm³/mol. The summed E-state index contributed by atoms with van der Waals surface area (Å²) in [5, 5.41) is 15.1. The zero-order chi connectivity index (χ0) is 25.0. The van der Waals surface area contributed by atoms with Gasteiger partial charge in [-0.05, 0) is 38.3 Å². The monoisotopic (exact) mass is 495 g/mol. The molecule has 1 aliphatic rings. The first-order chi connectivity index (χ1) is 16.8. The lowest BCUT2D eigenvalue weighted by Crippen LogP contribution is -2.17. The molecule has 1 saturated carbocycles. The SMILES string of the molecule is CCOC(=O)CSc1nnc(-c2cc(C(C)(C)C)nn2Cc2cccc(C)c2)n1C1CCCCC1. The number of aryl methyl sites for hydroxylation is 1. The molecule has 0 atom stereocenters. The number of hydrogen-bond acceptors (Lipinski definition) is 6. The summed E-state index contributed by atoms with van der Waals surface area (Å²) in [5.74, 6) is 0.838. The average Bonchev–Trinajstić information content (AvgIpc) is 3.42. The molecule has 0 spiro atoms. The van der Waals surface area contributed by atoms with Gasteiger partial charge in [-0.15, -0.1) is 10.2 Å².